The van der Waals surface area contributed by atoms with E-state index in [9.17, 15) is 4.79 Å². The summed E-state index contributed by atoms with van der Waals surface area (Å²) < 4.78 is 0. The zero-order valence-electron chi connectivity index (χ0n) is 8.10. The minimum atomic E-state index is 0.0471. The van der Waals surface area contributed by atoms with E-state index >= 15 is 0 Å². The van der Waals surface area contributed by atoms with E-state index in [4.69, 9.17) is 0 Å². The number of aryl methyl sites for hydroxylation is 1. The third-order valence-corrected chi connectivity index (χ3v) is 2.30. The van der Waals surface area contributed by atoms with Crippen molar-refractivity contribution >= 4 is 17.8 Å². The van der Waals surface area contributed by atoms with Crippen LogP contribution >= 0.6 is 0 Å². The highest BCUT2D eigenvalue weighted by molar-refractivity contribution is 6.05. The van der Waals surface area contributed by atoms with Gasteiger partial charge in [0.2, 0.25) is 0 Å². The SMILES string of the molecule is CCc1ccccc1N1N=CCC1=O. The molecule has 0 unspecified atom stereocenters. The molecule has 72 valence electrons. The fourth-order valence-corrected chi connectivity index (χ4v) is 1.56. The summed E-state index contributed by atoms with van der Waals surface area (Å²) in [5.41, 5.74) is 2.06. The van der Waals surface area contributed by atoms with Crippen molar-refractivity contribution in [2.45, 2.75) is 19.8 Å². The number of amides is 1. The first-order chi connectivity index (χ1) is 6.83. The van der Waals surface area contributed by atoms with Gasteiger partial charge in [0.25, 0.3) is 5.91 Å². The summed E-state index contributed by atoms with van der Waals surface area (Å²) in [5, 5.41) is 5.54. The van der Waals surface area contributed by atoms with Crippen LogP contribution in [0.15, 0.2) is 29.4 Å². The predicted molar refractivity (Wildman–Crippen MR) is 56.4 cm³/mol. The molecule has 1 amide bonds. The number of hydrazone groups is 1. The number of para-hydroxylation sites is 1. The lowest BCUT2D eigenvalue weighted by Gasteiger charge is -2.15. The van der Waals surface area contributed by atoms with E-state index in [2.05, 4.69) is 12.0 Å². The monoisotopic (exact) mass is 188 g/mol. The van der Waals surface area contributed by atoms with Crippen molar-refractivity contribution in [3.63, 3.8) is 0 Å². The number of carbonyl (C=O) groups is 1. The third kappa shape index (κ3) is 1.41. The van der Waals surface area contributed by atoms with Gasteiger partial charge in [-0.2, -0.15) is 5.10 Å². The van der Waals surface area contributed by atoms with Crippen LogP contribution in [0, 0.1) is 0 Å². The molecule has 0 atom stereocenters. The van der Waals surface area contributed by atoms with Gasteiger partial charge in [0.15, 0.2) is 0 Å². The van der Waals surface area contributed by atoms with Crippen molar-refractivity contribution in [3.8, 4) is 0 Å². The van der Waals surface area contributed by atoms with E-state index in [0.29, 0.717) is 6.42 Å². The number of nitrogens with zero attached hydrogens (tertiary/aromatic N) is 2. The van der Waals surface area contributed by atoms with Gasteiger partial charge in [0.05, 0.1) is 12.1 Å². The van der Waals surface area contributed by atoms with Crippen LogP contribution in [-0.2, 0) is 11.2 Å². The molecule has 1 aliphatic heterocycles. The molecule has 1 aromatic carbocycles. The molecule has 0 aliphatic carbocycles. The summed E-state index contributed by atoms with van der Waals surface area (Å²) in [6.45, 7) is 2.07. The summed E-state index contributed by atoms with van der Waals surface area (Å²) in [6, 6.07) is 7.86. The second-order valence-electron chi connectivity index (χ2n) is 3.19. The van der Waals surface area contributed by atoms with Crippen LogP contribution in [-0.4, -0.2) is 12.1 Å². The van der Waals surface area contributed by atoms with Crippen molar-refractivity contribution in [2.75, 3.05) is 5.01 Å². The Hall–Kier alpha value is -1.64. The quantitative estimate of drug-likeness (QED) is 0.698. The lowest BCUT2D eigenvalue weighted by molar-refractivity contribution is -0.116. The Labute approximate surface area is 83.0 Å². The van der Waals surface area contributed by atoms with Crippen LogP contribution in [0.25, 0.3) is 0 Å². The van der Waals surface area contributed by atoms with E-state index in [1.807, 2.05) is 24.3 Å². The minimum Gasteiger partial charge on any atom is -0.272 e. The van der Waals surface area contributed by atoms with Crippen molar-refractivity contribution in [1.82, 2.24) is 0 Å². The highest BCUT2D eigenvalue weighted by Crippen LogP contribution is 2.23. The number of benzene rings is 1. The van der Waals surface area contributed by atoms with Crippen molar-refractivity contribution in [2.24, 2.45) is 5.10 Å². The van der Waals surface area contributed by atoms with Crippen LogP contribution in [0.2, 0.25) is 0 Å². The maximum absolute atomic E-state index is 11.4. The van der Waals surface area contributed by atoms with Gasteiger partial charge in [0.1, 0.15) is 0 Å². The van der Waals surface area contributed by atoms with Crippen LogP contribution in [0.5, 0.6) is 0 Å². The fraction of sp³-hybridized carbons (Fsp3) is 0.273. The number of hydrogen-bond donors (Lipinski definition) is 0. The maximum atomic E-state index is 11.4. The molecule has 0 bridgehead atoms. The van der Waals surface area contributed by atoms with Gasteiger partial charge in [-0.1, -0.05) is 25.1 Å². The normalized spacial score (nSPS) is 15.2. The van der Waals surface area contributed by atoms with Crippen LogP contribution in [0.4, 0.5) is 5.69 Å². The van der Waals surface area contributed by atoms with Gasteiger partial charge in [-0.25, -0.2) is 5.01 Å². The molecule has 1 aromatic rings. The second-order valence-corrected chi connectivity index (χ2v) is 3.19. The molecular weight excluding hydrogens is 176 g/mol. The first-order valence-electron chi connectivity index (χ1n) is 4.76. The molecule has 0 spiro atoms. The van der Waals surface area contributed by atoms with Gasteiger partial charge >= 0.3 is 0 Å². The predicted octanol–water partition coefficient (Wildman–Crippen LogP) is 1.97. The van der Waals surface area contributed by atoms with E-state index in [1.165, 1.54) is 5.01 Å². The molecule has 0 N–H and O–H groups in total. The molecule has 0 fully saturated rings. The minimum absolute atomic E-state index is 0.0471. The number of anilines is 1. The molecule has 0 saturated carbocycles. The lowest BCUT2D eigenvalue weighted by atomic mass is 10.1. The largest absolute Gasteiger partial charge is 0.272 e. The average Bonchev–Trinajstić information content (AvgIpc) is 2.64. The Morgan fingerprint density at radius 1 is 1.43 bits per heavy atom. The zero-order valence-corrected chi connectivity index (χ0v) is 8.10. The number of carbonyl (C=O) groups excluding carboxylic acids is 1. The van der Waals surface area contributed by atoms with Gasteiger partial charge in [-0.15, -0.1) is 0 Å². The lowest BCUT2D eigenvalue weighted by Crippen LogP contribution is -2.20. The average molecular weight is 188 g/mol. The number of rotatable bonds is 2. The summed E-state index contributed by atoms with van der Waals surface area (Å²) >= 11 is 0. The Morgan fingerprint density at radius 2 is 2.21 bits per heavy atom. The first-order valence-corrected chi connectivity index (χ1v) is 4.76. The third-order valence-electron chi connectivity index (χ3n) is 2.30. The number of hydrogen-bond acceptors (Lipinski definition) is 2. The van der Waals surface area contributed by atoms with Crippen molar-refractivity contribution in [1.29, 1.82) is 0 Å². The fourth-order valence-electron chi connectivity index (χ4n) is 1.56. The Kier molecular flexibility index (Phi) is 2.31. The van der Waals surface area contributed by atoms with E-state index in [0.717, 1.165) is 17.7 Å². The molecule has 3 heteroatoms. The van der Waals surface area contributed by atoms with E-state index in [1.54, 1.807) is 6.21 Å². The first kappa shape index (κ1) is 8.94. The Bertz CT molecular complexity index is 385. The van der Waals surface area contributed by atoms with Crippen LogP contribution in [0.3, 0.4) is 0 Å². The molecule has 2 rings (SSSR count). The van der Waals surface area contributed by atoms with Crippen molar-refractivity contribution in [3.05, 3.63) is 29.8 Å². The standard InChI is InChI=1S/C11H12N2O/c1-2-9-5-3-4-6-10(9)13-11(14)7-8-12-13/h3-6,8H,2,7H2,1H3. The molecule has 1 aliphatic rings. The molecule has 14 heavy (non-hydrogen) atoms. The summed E-state index contributed by atoms with van der Waals surface area (Å²) in [6.07, 6.45) is 2.97. The van der Waals surface area contributed by atoms with E-state index in [-0.39, 0.29) is 5.91 Å². The van der Waals surface area contributed by atoms with E-state index < -0.39 is 0 Å². The molecule has 0 saturated heterocycles. The Morgan fingerprint density at radius 3 is 2.86 bits per heavy atom. The molecule has 1 heterocycles. The Balaban J connectivity index is 2.40. The topological polar surface area (TPSA) is 32.7 Å². The summed E-state index contributed by atoms with van der Waals surface area (Å²) in [5.74, 6) is 0.0471. The second kappa shape index (κ2) is 3.62. The molecule has 0 radical (unpaired) electrons. The highest BCUT2D eigenvalue weighted by Gasteiger charge is 2.19. The smallest absolute Gasteiger partial charge is 0.252 e. The van der Waals surface area contributed by atoms with Crippen LogP contribution in [0.1, 0.15) is 18.9 Å². The van der Waals surface area contributed by atoms with Crippen LogP contribution < -0.4 is 5.01 Å². The highest BCUT2D eigenvalue weighted by atomic mass is 16.2. The zero-order chi connectivity index (χ0) is 9.97. The summed E-state index contributed by atoms with van der Waals surface area (Å²) in [7, 11) is 0. The summed E-state index contributed by atoms with van der Waals surface area (Å²) in [4.78, 5) is 11.4. The maximum Gasteiger partial charge on any atom is 0.252 e. The van der Waals surface area contributed by atoms with Gasteiger partial charge in [0, 0.05) is 6.21 Å². The van der Waals surface area contributed by atoms with Gasteiger partial charge < -0.3 is 0 Å². The molecule has 0 aromatic heterocycles. The molecule has 3 nitrogen and oxygen atoms in total. The molecular formula is C11H12N2O. The van der Waals surface area contributed by atoms with Gasteiger partial charge in [-0.3, -0.25) is 4.79 Å². The van der Waals surface area contributed by atoms with Gasteiger partial charge in [-0.05, 0) is 18.1 Å². The van der Waals surface area contributed by atoms with Crippen molar-refractivity contribution < 1.29 is 4.79 Å².